The zero-order valence-corrected chi connectivity index (χ0v) is 8.57. The molecule has 0 unspecified atom stereocenters. The number of rotatable bonds is 6. The Labute approximate surface area is 86.3 Å². The molecule has 0 aromatic rings. The van der Waals surface area contributed by atoms with Gasteiger partial charge in [0.15, 0.2) is 0 Å². The van der Waals surface area contributed by atoms with Crippen molar-refractivity contribution >= 4 is 22.1 Å². The van der Waals surface area contributed by atoms with Crippen LogP contribution in [-0.2, 0) is 23.9 Å². The summed E-state index contributed by atoms with van der Waals surface area (Å²) < 4.78 is 25.4. The lowest BCUT2D eigenvalue weighted by Gasteiger charge is -2.08. The van der Waals surface area contributed by atoms with E-state index >= 15 is 0 Å². The summed E-state index contributed by atoms with van der Waals surface area (Å²) in [4.78, 5) is 21.1. The highest BCUT2D eigenvalue weighted by atomic mass is 32.2. The maximum Gasteiger partial charge on any atom is 0.338 e. The Morgan fingerprint density at radius 1 is 1.40 bits per heavy atom. The first kappa shape index (κ1) is 13.8. The van der Waals surface area contributed by atoms with Crippen molar-refractivity contribution in [2.45, 2.75) is 18.9 Å². The van der Waals surface area contributed by atoms with Crippen molar-refractivity contribution in [3.63, 3.8) is 0 Å². The molecular formula is C6H12N2O6S. The lowest BCUT2D eigenvalue weighted by Crippen LogP contribution is -2.35. The maximum atomic E-state index is 11.0. The van der Waals surface area contributed by atoms with Gasteiger partial charge in [-0.1, -0.05) is 0 Å². The normalized spacial score (nSPS) is 13.2. The molecule has 1 atom stereocenters. The van der Waals surface area contributed by atoms with Crippen LogP contribution in [-0.4, -0.2) is 37.4 Å². The fourth-order valence-electron chi connectivity index (χ4n) is 0.618. The number of carboxylic acids is 1. The molecule has 8 nitrogen and oxygen atoms in total. The van der Waals surface area contributed by atoms with E-state index in [0.717, 1.165) is 0 Å². The van der Waals surface area contributed by atoms with E-state index < -0.39 is 34.0 Å². The molecule has 0 bridgehead atoms. The van der Waals surface area contributed by atoms with Gasteiger partial charge in [-0.15, -0.1) is 0 Å². The van der Waals surface area contributed by atoms with Crippen LogP contribution in [0.5, 0.6) is 0 Å². The van der Waals surface area contributed by atoms with E-state index in [1.165, 1.54) is 0 Å². The largest absolute Gasteiger partial charge is 0.481 e. The van der Waals surface area contributed by atoms with E-state index in [1.54, 1.807) is 0 Å². The van der Waals surface area contributed by atoms with Crippen LogP contribution in [0.15, 0.2) is 0 Å². The highest BCUT2D eigenvalue weighted by Crippen LogP contribution is 2.00. The van der Waals surface area contributed by atoms with E-state index in [2.05, 4.69) is 4.18 Å². The van der Waals surface area contributed by atoms with Crippen LogP contribution in [0.25, 0.3) is 0 Å². The van der Waals surface area contributed by atoms with Crippen LogP contribution in [0.4, 0.5) is 0 Å². The van der Waals surface area contributed by atoms with Crippen molar-refractivity contribution in [2.24, 2.45) is 11.5 Å². The van der Waals surface area contributed by atoms with Crippen LogP contribution in [0.1, 0.15) is 12.8 Å². The summed E-state index contributed by atoms with van der Waals surface area (Å²) in [7, 11) is -4.10. The molecule has 88 valence electrons. The molecule has 0 saturated heterocycles. The zero-order valence-electron chi connectivity index (χ0n) is 7.75. The van der Waals surface area contributed by atoms with Crippen LogP contribution >= 0.6 is 0 Å². The molecule has 0 fully saturated rings. The minimum atomic E-state index is -4.10. The summed E-state index contributed by atoms with van der Waals surface area (Å²) in [5.74, 6) is -3.19. The van der Waals surface area contributed by atoms with Gasteiger partial charge < -0.3 is 20.8 Å². The Kier molecular flexibility index (Phi) is 5.19. The Bertz CT molecular complexity index is 338. The average Bonchev–Trinajstić information content (AvgIpc) is 2.13. The number of carbonyl (C=O) groups is 2. The minimum absolute atomic E-state index is 0.200. The van der Waals surface area contributed by atoms with Gasteiger partial charge in [0.05, 0.1) is 0 Å². The first-order valence-electron chi connectivity index (χ1n) is 3.92. The highest BCUT2D eigenvalue weighted by molar-refractivity contribution is 7.87. The van der Waals surface area contributed by atoms with Crippen molar-refractivity contribution in [3.8, 4) is 0 Å². The second-order valence-electron chi connectivity index (χ2n) is 2.67. The lowest BCUT2D eigenvalue weighted by molar-refractivity contribution is -0.138. The van der Waals surface area contributed by atoms with Gasteiger partial charge in [-0.2, -0.15) is 8.42 Å². The average molecular weight is 240 g/mol. The van der Waals surface area contributed by atoms with Gasteiger partial charge in [0.1, 0.15) is 11.9 Å². The maximum absolute atomic E-state index is 11.0. The molecule has 0 spiro atoms. The van der Waals surface area contributed by atoms with Crippen molar-refractivity contribution in [1.29, 1.82) is 0 Å². The van der Waals surface area contributed by atoms with Crippen LogP contribution in [0.2, 0.25) is 0 Å². The van der Waals surface area contributed by atoms with Crippen molar-refractivity contribution in [1.82, 2.24) is 0 Å². The summed E-state index contributed by atoms with van der Waals surface area (Å²) in [6.07, 6.45) is -0.548. The first-order valence-corrected chi connectivity index (χ1v) is 5.49. The summed E-state index contributed by atoms with van der Waals surface area (Å²) in [6.45, 7) is 0. The molecule has 0 rings (SSSR count). The molecule has 0 aliphatic heterocycles. The SMILES string of the molecule is NCS(=O)(=O)OC(=O)[C@@H](N)CCC(=O)O. The van der Waals surface area contributed by atoms with Gasteiger partial charge >= 0.3 is 22.1 Å². The molecule has 0 radical (unpaired) electrons. The van der Waals surface area contributed by atoms with Gasteiger partial charge in [-0.05, 0) is 6.42 Å². The molecule has 0 aromatic heterocycles. The molecule has 0 amide bonds. The molecule has 9 heteroatoms. The third-order valence-corrected chi connectivity index (χ3v) is 2.21. The lowest BCUT2D eigenvalue weighted by atomic mass is 10.2. The van der Waals surface area contributed by atoms with E-state index in [0.29, 0.717) is 0 Å². The Morgan fingerprint density at radius 3 is 2.33 bits per heavy atom. The van der Waals surface area contributed by atoms with Crippen molar-refractivity contribution in [3.05, 3.63) is 0 Å². The number of nitrogens with two attached hydrogens (primary N) is 2. The van der Waals surface area contributed by atoms with E-state index in [9.17, 15) is 18.0 Å². The predicted octanol–water partition coefficient (Wildman–Crippen LogP) is -2.03. The number of carbonyl (C=O) groups excluding carboxylic acids is 1. The zero-order chi connectivity index (χ0) is 12.1. The topological polar surface area (TPSA) is 150 Å². The van der Waals surface area contributed by atoms with Crippen molar-refractivity contribution in [2.75, 3.05) is 5.88 Å². The minimum Gasteiger partial charge on any atom is -0.481 e. The number of hydrogen-bond donors (Lipinski definition) is 3. The molecule has 0 aliphatic carbocycles. The Balaban J connectivity index is 4.17. The van der Waals surface area contributed by atoms with Crippen LogP contribution in [0, 0.1) is 0 Å². The third kappa shape index (κ3) is 5.99. The van der Waals surface area contributed by atoms with E-state index in [4.69, 9.17) is 16.6 Å². The Morgan fingerprint density at radius 2 is 1.93 bits per heavy atom. The second-order valence-corrected chi connectivity index (χ2v) is 4.28. The fourth-order valence-corrected chi connectivity index (χ4v) is 1.06. The fraction of sp³-hybridized carbons (Fsp3) is 0.667. The van der Waals surface area contributed by atoms with Crippen LogP contribution < -0.4 is 11.5 Å². The van der Waals surface area contributed by atoms with Gasteiger partial charge in [-0.25, -0.2) is 4.79 Å². The number of hydrogen-bond acceptors (Lipinski definition) is 7. The van der Waals surface area contributed by atoms with Gasteiger partial charge in [0.2, 0.25) is 0 Å². The standard InChI is InChI=1S/C6H12N2O6S/c7-3-15(12,13)14-6(11)4(8)1-2-5(9)10/h4H,1-3,7-8H2,(H,9,10)/t4-/m0/s1. The monoisotopic (exact) mass is 240 g/mol. The molecular weight excluding hydrogens is 228 g/mol. The molecule has 0 aliphatic rings. The van der Waals surface area contributed by atoms with Crippen molar-refractivity contribution < 1.29 is 27.3 Å². The quantitative estimate of drug-likeness (QED) is 0.449. The molecule has 0 aromatic carbocycles. The van der Waals surface area contributed by atoms with E-state index in [-0.39, 0.29) is 12.8 Å². The highest BCUT2D eigenvalue weighted by Gasteiger charge is 2.22. The summed E-state index contributed by atoms with van der Waals surface area (Å²) in [6, 6.07) is -1.29. The predicted molar refractivity (Wildman–Crippen MR) is 48.9 cm³/mol. The van der Waals surface area contributed by atoms with Gasteiger partial charge in [-0.3, -0.25) is 4.79 Å². The molecule has 15 heavy (non-hydrogen) atoms. The molecule has 0 saturated carbocycles. The summed E-state index contributed by atoms with van der Waals surface area (Å²) >= 11 is 0. The summed E-state index contributed by atoms with van der Waals surface area (Å²) in [5, 5.41) is 8.28. The Hall–Kier alpha value is -1.19. The summed E-state index contributed by atoms with van der Waals surface area (Å²) in [5.41, 5.74) is 9.96. The molecule has 5 N–H and O–H groups in total. The van der Waals surface area contributed by atoms with E-state index in [1.807, 2.05) is 0 Å². The van der Waals surface area contributed by atoms with Crippen LogP contribution in [0.3, 0.4) is 0 Å². The third-order valence-electron chi connectivity index (χ3n) is 1.39. The smallest absolute Gasteiger partial charge is 0.338 e. The number of carboxylic acid groups (broad SMARTS) is 1. The first-order chi connectivity index (χ1) is 6.78. The second kappa shape index (κ2) is 5.63. The van der Waals surface area contributed by atoms with Gasteiger partial charge in [0.25, 0.3) is 0 Å². The van der Waals surface area contributed by atoms with Gasteiger partial charge in [0, 0.05) is 6.42 Å². The number of aliphatic carboxylic acids is 1. The molecule has 0 heterocycles.